The maximum Gasteiger partial charge on any atom is 0.311 e. The molecule has 6 heteroatoms. The van der Waals surface area contributed by atoms with E-state index in [-0.39, 0.29) is 5.92 Å². The Balaban J connectivity index is 2.07. The lowest BCUT2D eigenvalue weighted by Crippen LogP contribution is -2.39. The molecule has 0 aliphatic carbocycles. The summed E-state index contributed by atoms with van der Waals surface area (Å²) in [7, 11) is 0. The zero-order chi connectivity index (χ0) is 14.2. The molecule has 0 saturated carbocycles. The largest absolute Gasteiger partial charge is 0.481 e. The summed E-state index contributed by atoms with van der Waals surface area (Å²) >= 11 is 11.0. The van der Waals surface area contributed by atoms with Crippen LogP contribution in [0.25, 0.3) is 0 Å². The summed E-state index contributed by atoms with van der Waals surface area (Å²) in [5.41, 5.74) is -0.599. The molecule has 1 unspecified atom stereocenters. The van der Waals surface area contributed by atoms with Gasteiger partial charge in [-0.25, -0.2) is 0 Å². The highest BCUT2D eigenvalue weighted by molar-refractivity contribution is 9.10. The van der Waals surface area contributed by atoms with Crippen molar-refractivity contribution in [3.05, 3.63) is 19.8 Å². The maximum absolute atomic E-state index is 11.6. The number of carboxylic acids is 1. The molecule has 0 bridgehead atoms. The van der Waals surface area contributed by atoms with Gasteiger partial charge in [-0.05, 0) is 40.9 Å². The average molecular weight is 367 g/mol. The van der Waals surface area contributed by atoms with Gasteiger partial charge in [-0.3, -0.25) is 9.69 Å². The second-order valence-corrected chi connectivity index (χ2v) is 8.00. The first-order valence-corrected chi connectivity index (χ1v) is 8.23. The lowest BCUT2D eigenvalue weighted by Gasteiger charge is -2.28. The number of hydrogen-bond acceptors (Lipinski definition) is 3. The predicted octanol–water partition coefficient (Wildman–Crippen LogP) is 4.10. The van der Waals surface area contributed by atoms with Crippen molar-refractivity contribution in [3.63, 3.8) is 0 Å². The van der Waals surface area contributed by atoms with Crippen LogP contribution in [0.3, 0.4) is 0 Å². The Morgan fingerprint density at radius 3 is 2.79 bits per heavy atom. The number of thiophene rings is 1. The molecule has 0 radical (unpaired) electrons. The number of carboxylic acid groups (broad SMARTS) is 1. The van der Waals surface area contributed by atoms with Gasteiger partial charge in [0.15, 0.2) is 0 Å². The van der Waals surface area contributed by atoms with E-state index in [1.165, 1.54) is 4.88 Å². The number of carbonyl (C=O) groups is 1. The van der Waals surface area contributed by atoms with Crippen LogP contribution < -0.4 is 0 Å². The fourth-order valence-electron chi connectivity index (χ4n) is 2.63. The fraction of sp³-hybridized carbons (Fsp3) is 0.615. The van der Waals surface area contributed by atoms with Crippen molar-refractivity contribution in [1.29, 1.82) is 0 Å². The molecule has 3 nitrogen and oxygen atoms in total. The van der Waals surface area contributed by atoms with Gasteiger partial charge in [0.05, 0.1) is 5.41 Å². The lowest BCUT2D eigenvalue weighted by atomic mass is 9.76. The third-order valence-corrected chi connectivity index (χ3v) is 6.45. The molecule has 1 aliphatic rings. The van der Waals surface area contributed by atoms with Crippen molar-refractivity contribution in [2.45, 2.75) is 26.8 Å². The van der Waals surface area contributed by atoms with Crippen molar-refractivity contribution in [2.24, 2.45) is 11.3 Å². The molecular formula is C13H17BrClNO2S. The number of rotatable bonds is 4. The van der Waals surface area contributed by atoms with Gasteiger partial charge in [-0.2, -0.15) is 0 Å². The van der Waals surface area contributed by atoms with E-state index in [0.717, 1.165) is 28.3 Å². The number of aliphatic carboxylic acids is 1. The molecule has 2 heterocycles. The van der Waals surface area contributed by atoms with Crippen molar-refractivity contribution in [1.82, 2.24) is 4.90 Å². The minimum absolute atomic E-state index is 0.147. The number of hydrogen-bond donors (Lipinski definition) is 1. The van der Waals surface area contributed by atoms with Gasteiger partial charge in [0.2, 0.25) is 0 Å². The van der Waals surface area contributed by atoms with E-state index in [2.05, 4.69) is 20.8 Å². The van der Waals surface area contributed by atoms with Crippen molar-refractivity contribution in [2.75, 3.05) is 13.1 Å². The second kappa shape index (κ2) is 5.72. The highest BCUT2D eigenvalue weighted by Crippen LogP contribution is 2.40. The minimum Gasteiger partial charge on any atom is -0.481 e. The van der Waals surface area contributed by atoms with Crippen LogP contribution >= 0.6 is 38.9 Å². The summed E-state index contributed by atoms with van der Waals surface area (Å²) in [5.74, 6) is -0.524. The van der Waals surface area contributed by atoms with Crippen LogP contribution in [-0.4, -0.2) is 29.1 Å². The first-order valence-electron chi connectivity index (χ1n) is 6.24. The summed E-state index contributed by atoms with van der Waals surface area (Å²) in [6.45, 7) is 6.22. The van der Waals surface area contributed by atoms with Crippen molar-refractivity contribution < 1.29 is 9.90 Å². The number of halogens is 2. The topological polar surface area (TPSA) is 40.5 Å². The highest BCUT2D eigenvalue weighted by atomic mass is 79.9. The minimum atomic E-state index is -0.671. The van der Waals surface area contributed by atoms with Crippen LogP contribution in [0, 0.1) is 11.3 Å². The smallest absolute Gasteiger partial charge is 0.311 e. The first kappa shape index (κ1) is 15.3. The Morgan fingerprint density at radius 1 is 1.68 bits per heavy atom. The fourth-order valence-corrected chi connectivity index (χ4v) is 4.47. The van der Waals surface area contributed by atoms with E-state index in [1.54, 1.807) is 11.3 Å². The molecule has 2 rings (SSSR count). The van der Waals surface area contributed by atoms with Gasteiger partial charge in [0.25, 0.3) is 0 Å². The summed E-state index contributed by atoms with van der Waals surface area (Å²) < 4.78 is 1.67. The Kier molecular flexibility index (Phi) is 4.60. The maximum atomic E-state index is 11.6. The molecule has 0 aromatic carbocycles. The molecule has 1 N–H and O–H groups in total. The molecule has 1 atom stereocenters. The Morgan fingerprint density at radius 2 is 2.37 bits per heavy atom. The third kappa shape index (κ3) is 2.99. The Labute approximate surface area is 130 Å². The normalized spacial score (nSPS) is 24.3. The van der Waals surface area contributed by atoms with Gasteiger partial charge in [0.1, 0.15) is 4.34 Å². The van der Waals surface area contributed by atoms with Gasteiger partial charge in [-0.1, -0.05) is 25.4 Å². The van der Waals surface area contributed by atoms with Gasteiger partial charge in [0, 0.05) is 22.4 Å². The molecule has 106 valence electrons. The van der Waals surface area contributed by atoms with Crippen LogP contribution in [-0.2, 0) is 11.3 Å². The molecule has 1 saturated heterocycles. The highest BCUT2D eigenvalue weighted by Gasteiger charge is 2.47. The average Bonchev–Trinajstić information content (AvgIpc) is 2.85. The first-order chi connectivity index (χ1) is 8.85. The number of likely N-dealkylation sites (tertiary alicyclic amines) is 1. The summed E-state index contributed by atoms with van der Waals surface area (Å²) in [5, 5.41) is 9.51. The van der Waals surface area contributed by atoms with Crippen LogP contribution in [0.1, 0.15) is 25.1 Å². The van der Waals surface area contributed by atoms with E-state index in [1.807, 2.05) is 19.9 Å². The van der Waals surface area contributed by atoms with Crippen molar-refractivity contribution >= 4 is 44.8 Å². The molecular weight excluding hydrogens is 350 g/mol. The summed E-state index contributed by atoms with van der Waals surface area (Å²) in [4.78, 5) is 14.9. The number of nitrogens with zero attached hydrogens (tertiary/aromatic N) is 1. The molecule has 1 fully saturated rings. The summed E-state index contributed by atoms with van der Waals surface area (Å²) in [6, 6.07) is 2.02. The third-order valence-electron chi connectivity index (χ3n) is 3.99. The monoisotopic (exact) mass is 365 g/mol. The van der Waals surface area contributed by atoms with E-state index in [9.17, 15) is 9.90 Å². The van der Waals surface area contributed by atoms with Gasteiger partial charge < -0.3 is 5.11 Å². The van der Waals surface area contributed by atoms with E-state index < -0.39 is 11.4 Å². The predicted molar refractivity (Wildman–Crippen MR) is 81.8 cm³/mol. The molecule has 0 amide bonds. The molecule has 1 aliphatic heterocycles. The van der Waals surface area contributed by atoms with Crippen LogP contribution in [0.15, 0.2) is 10.5 Å². The molecule has 0 spiro atoms. The van der Waals surface area contributed by atoms with E-state index in [4.69, 9.17) is 11.6 Å². The standard InChI is InChI=1S/C13H17BrClNO2S/c1-8(2)13(12(17)18)3-4-16(7-13)6-9-5-10(14)11(15)19-9/h5,8H,3-4,6-7H2,1-2H3,(H,17,18). The molecule has 1 aromatic heterocycles. The van der Waals surface area contributed by atoms with Gasteiger partial charge >= 0.3 is 5.97 Å². The second-order valence-electron chi connectivity index (χ2n) is 5.41. The zero-order valence-corrected chi connectivity index (χ0v) is 14.1. The van der Waals surface area contributed by atoms with E-state index >= 15 is 0 Å². The van der Waals surface area contributed by atoms with Gasteiger partial charge in [-0.15, -0.1) is 11.3 Å². The quantitative estimate of drug-likeness (QED) is 0.872. The zero-order valence-electron chi connectivity index (χ0n) is 10.9. The van der Waals surface area contributed by atoms with Crippen LogP contribution in [0.2, 0.25) is 4.34 Å². The Hall–Kier alpha value is -0.100. The lowest BCUT2D eigenvalue weighted by molar-refractivity contribution is -0.151. The van der Waals surface area contributed by atoms with Crippen molar-refractivity contribution in [3.8, 4) is 0 Å². The van der Waals surface area contributed by atoms with Crippen LogP contribution in [0.4, 0.5) is 0 Å². The van der Waals surface area contributed by atoms with Crippen LogP contribution in [0.5, 0.6) is 0 Å². The summed E-state index contributed by atoms with van der Waals surface area (Å²) in [6.07, 6.45) is 0.722. The molecule has 19 heavy (non-hydrogen) atoms. The van der Waals surface area contributed by atoms with E-state index in [0.29, 0.717) is 6.54 Å². The SMILES string of the molecule is CC(C)C1(C(=O)O)CCN(Cc2cc(Br)c(Cl)s2)C1. The Bertz CT molecular complexity index is 471. The molecule has 1 aromatic rings.